The number of hydrogen-bond acceptors (Lipinski definition) is 3. The molecule has 0 bridgehead atoms. The molecular weight excluding hydrogens is 296 g/mol. The minimum Gasteiger partial charge on any atom is -0.506 e. The van der Waals surface area contributed by atoms with Crippen LogP contribution in [0.15, 0.2) is 58.8 Å². The van der Waals surface area contributed by atoms with Crippen LogP contribution in [0, 0.1) is 5.92 Å². The van der Waals surface area contributed by atoms with E-state index in [1.807, 2.05) is 42.5 Å². The van der Waals surface area contributed by atoms with Gasteiger partial charge in [-0.1, -0.05) is 69.2 Å². The number of hydrogen-bond donors (Lipinski definition) is 1. The molecule has 126 valence electrons. The van der Waals surface area contributed by atoms with E-state index in [1.54, 1.807) is 6.07 Å². The molecule has 1 saturated carbocycles. The van der Waals surface area contributed by atoms with Gasteiger partial charge in [0.05, 0.1) is 5.69 Å². The van der Waals surface area contributed by atoms with Gasteiger partial charge in [0.25, 0.3) is 0 Å². The minimum absolute atomic E-state index is 0.191. The molecule has 3 heteroatoms. The van der Waals surface area contributed by atoms with E-state index in [2.05, 4.69) is 10.2 Å². The van der Waals surface area contributed by atoms with E-state index in [1.165, 1.54) is 50.5 Å². The number of nitrogens with zero attached hydrogens (tertiary/aromatic N) is 2. The van der Waals surface area contributed by atoms with E-state index in [-0.39, 0.29) is 5.75 Å². The van der Waals surface area contributed by atoms with E-state index in [0.29, 0.717) is 5.69 Å². The first-order valence-electron chi connectivity index (χ1n) is 9.10. The number of rotatable bonds is 4. The van der Waals surface area contributed by atoms with Gasteiger partial charge >= 0.3 is 0 Å². The van der Waals surface area contributed by atoms with Gasteiger partial charge in [-0.2, -0.15) is 5.11 Å². The highest BCUT2D eigenvalue weighted by atomic mass is 16.3. The van der Waals surface area contributed by atoms with Gasteiger partial charge in [0.2, 0.25) is 0 Å². The van der Waals surface area contributed by atoms with Crippen LogP contribution in [-0.4, -0.2) is 5.11 Å². The van der Waals surface area contributed by atoms with Crippen molar-refractivity contribution >= 4 is 11.4 Å². The molecule has 0 aliphatic heterocycles. The van der Waals surface area contributed by atoms with E-state index in [9.17, 15) is 5.11 Å². The first kappa shape index (κ1) is 16.7. The van der Waals surface area contributed by atoms with Gasteiger partial charge in [0.1, 0.15) is 11.4 Å². The third kappa shape index (κ3) is 4.92. The van der Waals surface area contributed by atoms with Crippen LogP contribution in [0.5, 0.6) is 5.75 Å². The summed E-state index contributed by atoms with van der Waals surface area (Å²) in [4.78, 5) is 0. The lowest BCUT2D eigenvalue weighted by atomic mass is 9.86. The summed E-state index contributed by atoms with van der Waals surface area (Å²) in [6, 6.07) is 15.4. The standard InChI is InChI=1S/C21H26N2O/c24-21-14-13-18(15-17-9-5-2-1-3-6-10-17)16-20(21)23-22-19-11-7-4-8-12-19/h4,7-8,11-14,16-17,24H,1-3,5-6,9-10,15H2/b23-22+. The number of phenols is 1. The SMILES string of the molecule is Oc1ccc(CC2CCCCCCC2)cc1/N=N/c1ccccc1. The highest BCUT2D eigenvalue weighted by Crippen LogP contribution is 2.32. The monoisotopic (exact) mass is 322 g/mol. The average molecular weight is 322 g/mol. The van der Waals surface area contributed by atoms with E-state index in [4.69, 9.17) is 0 Å². The molecule has 3 rings (SSSR count). The molecule has 0 atom stereocenters. The Morgan fingerprint density at radius 2 is 1.54 bits per heavy atom. The summed E-state index contributed by atoms with van der Waals surface area (Å²) in [6.45, 7) is 0. The molecule has 0 amide bonds. The second-order valence-electron chi connectivity index (χ2n) is 6.77. The van der Waals surface area contributed by atoms with Crippen molar-refractivity contribution < 1.29 is 5.11 Å². The molecule has 0 spiro atoms. The van der Waals surface area contributed by atoms with Crippen LogP contribution in [-0.2, 0) is 6.42 Å². The zero-order valence-corrected chi connectivity index (χ0v) is 14.2. The molecule has 1 N–H and O–H groups in total. The fourth-order valence-corrected chi connectivity index (χ4v) is 3.46. The Kier molecular flexibility index (Phi) is 6.00. The fourth-order valence-electron chi connectivity index (χ4n) is 3.46. The smallest absolute Gasteiger partial charge is 0.143 e. The van der Waals surface area contributed by atoms with Gasteiger partial charge in [-0.15, -0.1) is 5.11 Å². The molecule has 1 aliphatic rings. The maximum Gasteiger partial charge on any atom is 0.143 e. The van der Waals surface area contributed by atoms with Crippen molar-refractivity contribution in [3.8, 4) is 5.75 Å². The highest BCUT2D eigenvalue weighted by molar-refractivity contribution is 5.53. The predicted molar refractivity (Wildman–Crippen MR) is 98.2 cm³/mol. The number of phenolic OH excluding ortho intramolecular Hbond substituents is 1. The molecule has 0 radical (unpaired) electrons. The molecule has 0 unspecified atom stereocenters. The molecule has 0 saturated heterocycles. The summed E-state index contributed by atoms with van der Waals surface area (Å²) in [7, 11) is 0. The lowest BCUT2D eigenvalue weighted by Crippen LogP contribution is -2.07. The first-order chi connectivity index (χ1) is 11.8. The number of azo groups is 1. The van der Waals surface area contributed by atoms with Gasteiger partial charge in [0, 0.05) is 0 Å². The van der Waals surface area contributed by atoms with Crippen LogP contribution < -0.4 is 0 Å². The van der Waals surface area contributed by atoms with Crippen molar-refractivity contribution in [3.63, 3.8) is 0 Å². The van der Waals surface area contributed by atoms with Crippen LogP contribution in [0.25, 0.3) is 0 Å². The highest BCUT2D eigenvalue weighted by Gasteiger charge is 2.13. The fraction of sp³-hybridized carbons (Fsp3) is 0.429. The third-order valence-corrected chi connectivity index (χ3v) is 4.82. The second kappa shape index (κ2) is 8.62. The van der Waals surface area contributed by atoms with Crippen LogP contribution >= 0.6 is 0 Å². The number of aromatic hydroxyl groups is 1. The van der Waals surface area contributed by atoms with Crippen molar-refractivity contribution in [1.82, 2.24) is 0 Å². The zero-order chi connectivity index (χ0) is 16.6. The second-order valence-corrected chi connectivity index (χ2v) is 6.77. The van der Waals surface area contributed by atoms with Crippen molar-refractivity contribution in [2.75, 3.05) is 0 Å². The van der Waals surface area contributed by atoms with Gasteiger partial charge in [-0.25, -0.2) is 0 Å². The van der Waals surface area contributed by atoms with Crippen molar-refractivity contribution in [2.45, 2.75) is 51.4 Å². The molecule has 1 fully saturated rings. The van der Waals surface area contributed by atoms with Crippen LogP contribution in [0.4, 0.5) is 11.4 Å². The largest absolute Gasteiger partial charge is 0.506 e. The number of benzene rings is 2. The molecule has 2 aromatic rings. The van der Waals surface area contributed by atoms with Crippen molar-refractivity contribution in [2.24, 2.45) is 16.1 Å². The Hall–Kier alpha value is -2.16. The lowest BCUT2D eigenvalue weighted by Gasteiger charge is -2.19. The maximum absolute atomic E-state index is 10.0. The molecular formula is C21H26N2O. The third-order valence-electron chi connectivity index (χ3n) is 4.82. The Bertz CT molecular complexity index is 659. The molecule has 24 heavy (non-hydrogen) atoms. The topological polar surface area (TPSA) is 45.0 Å². The molecule has 1 aliphatic carbocycles. The van der Waals surface area contributed by atoms with Crippen LogP contribution in [0.1, 0.15) is 50.5 Å². The Morgan fingerprint density at radius 1 is 0.833 bits per heavy atom. The Balaban J connectivity index is 1.70. The summed E-state index contributed by atoms with van der Waals surface area (Å²) >= 11 is 0. The normalized spacial score (nSPS) is 16.8. The molecule has 3 nitrogen and oxygen atoms in total. The van der Waals surface area contributed by atoms with E-state index in [0.717, 1.165) is 18.0 Å². The predicted octanol–water partition coefficient (Wildman–Crippen LogP) is 6.71. The van der Waals surface area contributed by atoms with Gasteiger partial charge in [0.15, 0.2) is 0 Å². The van der Waals surface area contributed by atoms with Gasteiger partial charge in [-0.3, -0.25) is 0 Å². The average Bonchev–Trinajstić information content (AvgIpc) is 2.58. The van der Waals surface area contributed by atoms with Gasteiger partial charge < -0.3 is 5.11 Å². The summed E-state index contributed by atoms with van der Waals surface area (Å²) in [5.74, 6) is 0.949. The molecule has 0 aromatic heterocycles. The van der Waals surface area contributed by atoms with Crippen molar-refractivity contribution in [1.29, 1.82) is 0 Å². The Labute approximate surface area is 144 Å². The van der Waals surface area contributed by atoms with Crippen LogP contribution in [0.3, 0.4) is 0 Å². The van der Waals surface area contributed by atoms with Crippen molar-refractivity contribution in [3.05, 3.63) is 54.1 Å². The summed E-state index contributed by atoms with van der Waals surface area (Å²) < 4.78 is 0. The van der Waals surface area contributed by atoms with Crippen LogP contribution in [0.2, 0.25) is 0 Å². The summed E-state index contributed by atoms with van der Waals surface area (Å²) in [5, 5.41) is 18.5. The van der Waals surface area contributed by atoms with E-state index >= 15 is 0 Å². The molecule has 0 heterocycles. The zero-order valence-electron chi connectivity index (χ0n) is 14.2. The minimum atomic E-state index is 0.191. The first-order valence-corrected chi connectivity index (χ1v) is 9.10. The van der Waals surface area contributed by atoms with E-state index < -0.39 is 0 Å². The summed E-state index contributed by atoms with van der Waals surface area (Å²) in [5.41, 5.74) is 2.60. The quantitative estimate of drug-likeness (QED) is 0.624. The lowest BCUT2D eigenvalue weighted by molar-refractivity contribution is 0.376. The maximum atomic E-state index is 10.0. The molecule has 2 aromatic carbocycles. The Morgan fingerprint density at radius 3 is 2.29 bits per heavy atom. The summed E-state index contributed by atoms with van der Waals surface area (Å²) in [6.07, 6.45) is 10.6. The van der Waals surface area contributed by atoms with Gasteiger partial charge in [-0.05, 0) is 42.2 Å².